The van der Waals surface area contributed by atoms with Crippen molar-refractivity contribution in [2.24, 2.45) is 0 Å². The van der Waals surface area contributed by atoms with E-state index < -0.39 is 0 Å². The lowest BCUT2D eigenvalue weighted by atomic mass is 10.0. The largest absolute Gasteiger partial charge is 0.355 e. The maximum Gasteiger partial charge on any atom is 0.0691 e. The van der Waals surface area contributed by atoms with Crippen LogP contribution in [0.25, 0.3) is 46.4 Å². The zero-order valence-corrected chi connectivity index (χ0v) is 26.1. The molecular weight excluding hydrogens is 536 g/mol. The Bertz CT molecular complexity index is 1630. The highest BCUT2D eigenvalue weighted by Gasteiger charge is 2.16. The highest BCUT2D eigenvalue weighted by Crippen LogP contribution is 2.29. The van der Waals surface area contributed by atoms with Gasteiger partial charge in [0.15, 0.2) is 0 Å². The second-order valence-electron chi connectivity index (χ2n) is 11.6. The van der Waals surface area contributed by atoms with E-state index in [0.717, 1.165) is 122 Å². The topological polar surface area (TPSA) is 57.4 Å². The number of unbranched alkanes of at least 4 members (excludes halogenated alkanes) is 4. The van der Waals surface area contributed by atoms with Gasteiger partial charge in [-0.2, -0.15) is 0 Å². The van der Waals surface area contributed by atoms with Crippen molar-refractivity contribution >= 4 is 46.4 Å². The zero-order chi connectivity index (χ0) is 30.7. The average Bonchev–Trinajstić information content (AvgIpc) is 3.86. The van der Waals surface area contributed by atoms with E-state index in [1.54, 1.807) is 0 Å². The molecule has 0 amide bonds. The van der Waals surface area contributed by atoms with Crippen molar-refractivity contribution in [1.29, 1.82) is 0 Å². The first-order valence-electron chi connectivity index (χ1n) is 16.2. The van der Waals surface area contributed by atoms with Gasteiger partial charge in [-0.15, -0.1) is 26.3 Å². The number of hydrogen-bond donors (Lipinski definition) is 2. The molecule has 4 heteroatoms. The molecule has 2 aliphatic heterocycles. The molecule has 0 atom stereocenters. The Morgan fingerprint density at radius 2 is 0.727 bits per heavy atom. The molecule has 3 aromatic heterocycles. The Morgan fingerprint density at radius 3 is 1.09 bits per heavy atom. The van der Waals surface area contributed by atoms with Crippen LogP contribution < -0.4 is 0 Å². The molecule has 0 spiro atoms. The van der Waals surface area contributed by atoms with Crippen molar-refractivity contribution in [2.45, 2.75) is 77.0 Å². The van der Waals surface area contributed by atoms with E-state index in [-0.39, 0.29) is 0 Å². The minimum Gasteiger partial charge on any atom is -0.355 e. The van der Waals surface area contributed by atoms with Crippen molar-refractivity contribution in [3.63, 3.8) is 0 Å². The molecule has 0 unspecified atom stereocenters. The van der Waals surface area contributed by atoms with Gasteiger partial charge in [0.1, 0.15) is 0 Å². The molecule has 44 heavy (non-hydrogen) atoms. The Hall–Kier alpha value is -4.44. The third-order valence-corrected chi connectivity index (χ3v) is 8.53. The number of allylic oxidation sites excluding steroid dienone is 4. The Kier molecular flexibility index (Phi) is 10.8. The van der Waals surface area contributed by atoms with E-state index in [1.807, 2.05) is 24.3 Å². The number of nitrogens with zero attached hydrogens (tertiary/aromatic N) is 2. The summed E-state index contributed by atoms with van der Waals surface area (Å²) in [6.45, 7) is 15.8. The number of fused-ring (bicyclic) bond motifs is 8. The van der Waals surface area contributed by atoms with Gasteiger partial charge < -0.3 is 9.97 Å². The van der Waals surface area contributed by atoms with Crippen LogP contribution in [-0.2, 0) is 25.7 Å². The lowest BCUT2D eigenvalue weighted by molar-refractivity contribution is 0.829. The highest BCUT2D eigenvalue weighted by molar-refractivity contribution is 5.83. The van der Waals surface area contributed by atoms with Gasteiger partial charge in [0.2, 0.25) is 0 Å². The van der Waals surface area contributed by atoms with Crippen molar-refractivity contribution in [2.75, 3.05) is 0 Å². The molecule has 2 N–H and O–H groups in total. The summed E-state index contributed by atoms with van der Waals surface area (Å²) in [5.41, 5.74) is 13.6. The van der Waals surface area contributed by atoms with Crippen LogP contribution in [0.1, 0.15) is 96.4 Å². The van der Waals surface area contributed by atoms with Crippen molar-refractivity contribution in [3.8, 4) is 0 Å². The molecule has 0 saturated heterocycles. The van der Waals surface area contributed by atoms with Crippen LogP contribution in [-0.4, -0.2) is 19.9 Å². The molecular formula is C40H46N4. The van der Waals surface area contributed by atoms with E-state index in [1.165, 1.54) is 22.3 Å². The maximum absolute atomic E-state index is 5.27. The fraction of sp³-hybridized carbons (Fsp3) is 0.300. The molecule has 3 aromatic rings. The summed E-state index contributed by atoms with van der Waals surface area (Å²) >= 11 is 0. The summed E-state index contributed by atoms with van der Waals surface area (Å²) in [7, 11) is 0. The van der Waals surface area contributed by atoms with Gasteiger partial charge >= 0.3 is 0 Å². The first kappa shape index (κ1) is 31.0. The molecule has 8 bridgehead atoms. The lowest BCUT2D eigenvalue weighted by Crippen LogP contribution is -1.97. The van der Waals surface area contributed by atoms with Crippen LogP contribution in [0, 0.1) is 0 Å². The minimum absolute atomic E-state index is 0.902. The summed E-state index contributed by atoms with van der Waals surface area (Å²) in [6, 6.07) is 8.94. The van der Waals surface area contributed by atoms with Gasteiger partial charge in [-0.25, -0.2) is 9.97 Å². The van der Waals surface area contributed by atoms with E-state index in [4.69, 9.17) is 9.97 Å². The summed E-state index contributed by atoms with van der Waals surface area (Å²) in [4.78, 5) is 18.2. The molecule has 4 nitrogen and oxygen atoms in total. The van der Waals surface area contributed by atoms with Gasteiger partial charge in [0.25, 0.3) is 0 Å². The normalized spacial score (nSPS) is 12.0. The van der Waals surface area contributed by atoms with Crippen LogP contribution >= 0.6 is 0 Å². The highest BCUT2D eigenvalue weighted by atomic mass is 14.8. The second-order valence-corrected chi connectivity index (χ2v) is 11.6. The molecule has 0 fully saturated rings. The summed E-state index contributed by atoms with van der Waals surface area (Å²) in [6.07, 6.45) is 28.4. The Morgan fingerprint density at radius 1 is 0.432 bits per heavy atom. The zero-order valence-electron chi connectivity index (χ0n) is 26.1. The fourth-order valence-electron chi connectivity index (χ4n) is 6.19. The number of aromatic amines is 2. The van der Waals surface area contributed by atoms with Crippen LogP contribution in [0.15, 0.2) is 74.9 Å². The van der Waals surface area contributed by atoms with Crippen molar-refractivity contribution in [3.05, 3.63) is 120 Å². The first-order chi connectivity index (χ1) is 21.7. The Labute approximate surface area is 262 Å². The molecule has 2 aliphatic rings. The summed E-state index contributed by atoms with van der Waals surface area (Å²) in [5, 5.41) is 0. The molecule has 0 aliphatic carbocycles. The van der Waals surface area contributed by atoms with Gasteiger partial charge in [-0.3, -0.25) is 0 Å². The predicted molar refractivity (Wildman–Crippen MR) is 191 cm³/mol. The summed E-state index contributed by atoms with van der Waals surface area (Å²) < 4.78 is 0. The quantitative estimate of drug-likeness (QED) is 0.0898. The van der Waals surface area contributed by atoms with Crippen LogP contribution in [0.3, 0.4) is 0 Å². The van der Waals surface area contributed by atoms with Crippen LogP contribution in [0.4, 0.5) is 0 Å². The number of aryl methyl sites for hydroxylation is 3. The smallest absolute Gasteiger partial charge is 0.0691 e. The lowest BCUT2D eigenvalue weighted by Gasteiger charge is -2.06. The van der Waals surface area contributed by atoms with Crippen LogP contribution in [0.5, 0.6) is 0 Å². The van der Waals surface area contributed by atoms with Crippen molar-refractivity contribution < 1.29 is 0 Å². The molecule has 0 aromatic carbocycles. The number of hydrogen-bond acceptors (Lipinski definition) is 2. The molecule has 0 radical (unpaired) electrons. The third kappa shape index (κ3) is 7.19. The number of nitrogens with one attached hydrogen (secondary N) is 2. The van der Waals surface area contributed by atoms with E-state index in [9.17, 15) is 0 Å². The minimum atomic E-state index is 0.902. The van der Waals surface area contributed by atoms with Gasteiger partial charge in [0.05, 0.1) is 22.8 Å². The second kappa shape index (κ2) is 15.3. The first-order valence-corrected chi connectivity index (χ1v) is 16.2. The monoisotopic (exact) mass is 582 g/mol. The number of H-pyrrole nitrogens is 2. The molecule has 5 heterocycles. The van der Waals surface area contributed by atoms with E-state index in [2.05, 4.69) is 84.9 Å². The average molecular weight is 583 g/mol. The predicted octanol–water partition coefficient (Wildman–Crippen LogP) is 10.7. The van der Waals surface area contributed by atoms with Crippen LogP contribution in [0.2, 0.25) is 0 Å². The summed E-state index contributed by atoms with van der Waals surface area (Å²) in [5.74, 6) is 0. The van der Waals surface area contributed by atoms with Gasteiger partial charge in [-0.1, -0.05) is 24.3 Å². The third-order valence-electron chi connectivity index (χ3n) is 8.53. The molecule has 226 valence electrons. The maximum atomic E-state index is 5.27. The fourth-order valence-corrected chi connectivity index (χ4v) is 6.19. The van der Waals surface area contributed by atoms with E-state index in [0.29, 0.717) is 0 Å². The van der Waals surface area contributed by atoms with Gasteiger partial charge in [0, 0.05) is 38.8 Å². The number of rotatable bonds is 16. The van der Waals surface area contributed by atoms with Crippen molar-refractivity contribution in [1.82, 2.24) is 19.9 Å². The van der Waals surface area contributed by atoms with Gasteiger partial charge in [-0.05, 0) is 131 Å². The standard InChI is InChI=1S/C40H46N4/c1-5-9-13-17-29-33-21-23-35(41-33)30(18-14-10-6-2)37-25-27-39(43-37)32(20-16-12-8-4)40-28-26-38(44-40)31(19-15-11-7-3)36-24-22-34(29)42-36/h5-8,21-28,41-42H,1-4,9-20H2. The SMILES string of the molecule is C=CCCCc1c2nc(c(CCCC=C)c3ccc([nH]3)c(CCCC=C)c3ccc([nH]3)c(CCCC=C)c3nc1C=C3)C=C2. The molecule has 0 saturated carbocycles. The molecule has 5 rings (SSSR count). The Balaban J connectivity index is 1.84. The number of aromatic nitrogens is 4. The van der Waals surface area contributed by atoms with E-state index >= 15 is 0 Å².